The molecule has 2 N–H and O–H groups in total. The first kappa shape index (κ1) is 20.4. The summed E-state index contributed by atoms with van der Waals surface area (Å²) >= 11 is 0. The monoisotopic (exact) mass is 380 g/mol. The van der Waals surface area contributed by atoms with Gasteiger partial charge in [0.15, 0.2) is 11.5 Å². The number of hydrogen-bond donors (Lipinski definition) is 2. The Morgan fingerprint density at radius 1 is 1.26 bits per heavy atom. The van der Waals surface area contributed by atoms with Crippen molar-refractivity contribution in [2.45, 2.75) is 19.6 Å². The summed E-state index contributed by atoms with van der Waals surface area (Å²) in [6.07, 6.45) is -0.556. The first-order chi connectivity index (χ1) is 13.1. The molecule has 7 nitrogen and oxygen atoms in total. The lowest BCUT2D eigenvalue weighted by Crippen LogP contribution is -2.47. The molecule has 2 aliphatic rings. The summed E-state index contributed by atoms with van der Waals surface area (Å²) in [7, 11) is 1.64. The first-order valence-electron chi connectivity index (χ1n) is 9.65. The molecule has 0 spiro atoms. The largest absolute Gasteiger partial charge is 0.493 e. The van der Waals surface area contributed by atoms with Gasteiger partial charge in [0.1, 0.15) is 12.7 Å². The van der Waals surface area contributed by atoms with Crippen molar-refractivity contribution < 1.29 is 24.1 Å². The maximum atomic E-state index is 10.4. The van der Waals surface area contributed by atoms with Crippen LogP contribution in [0.1, 0.15) is 12.5 Å². The van der Waals surface area contributed by atoms with Crippen molar-refractivity contribution in [2.24, 2.45) is 5.41 Å². The van der Waals surface area contributed by atoms with Crippen LogP contribution in [0.2, 0.25) is 0 Å². The highest BCUT2D eigenvalue weighted by molar-refractivity contribution is 5.46. The average molecular weight is 380 g/mol. The van der Waals surface area contributed by atoms with Gasteiger partial charge in [0, 0.05) is 43.7 Å². The normalized spacial score (nSPS) is 20.7. The number of β-amino-alcohol motifs (C(OH)–C–C–N with tert-alkyl or cyclic N) is 1. The lowest BCUT2D eigenvalue weighted by atomic mass is 9.89. The zero-order valence-electron chi connectivity index (χ0n) is 16.4. The number of ether oxygens (including phenoxy) is 4. The van der Waals surface area contributed by atoms with Crippen LogP contribution in [0, 0.1) is 5.41 Å². The summed E-state index contributed by atoms with van der Waals surface area (Å²) in [5.41, 5.74) is 1.24. The molecule has 1 aromatic carbocycles. The summed E-state index contributed by atoms with van der Waals surface area (Å²) in [5.74, 6) is 1.38. The summed E-state index contributed by atoms with van der Waals surface area (Å²) in [6.45, 7) is 9.36. The molecule has 2 saturated heterocycles. The van der Waals surface area contributed by atoms with Gasteiger partial charge in [0.25, 0.3) is 0 Å². The molecule has 1 aromatic rings. The molecule has 1 atom stereocenters. The smallest absolute Gasteiger partial charge is 0.165 e. The number of nitrogens with one attached hydrogen (secondary N) is 1. The average Bonchev–Trinajstić information content (AvgIpc) is 2.66. The van der Waals surface area contributed by atoms with Crippen molar-refractivity contribution in [3.8, 4) is 11.5 Å². The summed E-state index contributed by atoms with van der Waals surface area (Å²) in [6, 6.07) is 5.87. The molecular weight excluding hydrogens is 348 g/mol. The fraction of sp³-hybridized carbons (Fsp3) is 0.700. The number of hydrogen-bond acceptors (Lipinski definition) is 7. The fourth-order valence-corrected chi connectivity index (χ4v) is 3.39. The van der Waals surface area contributed by atoms with Crippen LogP contribution in [-0.2, 0) is 16.0 Å². The first-order valence-corrected chi connectivity index (χ1v) is 9.65. The van der Waals surface area contributed by atoms with E-state index in [4.69, 9.17) is 18.9 Å². The van der Waals surface area contributed by atoms with E-state index < -0.39 is 6.10 Å². The third-order valence-corrected chi connectivity index (χ3v) is 5.04. The van der Waals surface area contributed by atoms with Crippen LogP contribution < -0.4 is 14.8 Å². The molecule has 2 fully saturated rings. The van der Waals surface area contributed by atoms with Gasteiger partial charge in [-0.1, -0.05) is 19.1 Å². The molecule has 27 heavy (non-hydrogen) atoms. The molecule has 0 saturated carbocycles. The van der Waals surface area contributed by atoms with Gasteiger partial charge < -0.3 is 29.4 Å². The Labute approximate surface area is 161 Å². The van der Waals surface area contributed by atoms with Crippen LogP contribution in [0.15, 0.2) is 18.2 Å². The maximum Gasteiger partial charge on any atom is 0.165 e. The van der Waals surface area contributed by atoms with Crippen molar-refractivity contribution in [1.29, 1.82) is 0 Å². The van der Waals surface area contributed by atoms with Gasteiger partial charge in [-0.2, -0.15) is 0 Å². The molecule has 152 valence electrons. The van der Waals surface area contributed by atoms with Gasteiger partial charge in [-0.05, 0) is 6.07 Å². The van der Waals surface area contributed by atoms with Gasteiger partial charge in [-0.3, -0.25) is 4.90 Å². The van der Waals surface area contributed by atoms with E-state index in [0.29, 0.717) is 24.6 Å². The second kappa shape index (κ2) is 9.71. The summed E-state index contributed by atoms with van der Waals surface area (Å²) in [5, 5.41) is 13.9. The SMILES string of the molecule is COc1cccc(CNCC2(C)COC2)c1OC[C@@H](O)CN1CCOCC1. The Kier molecular flexibility index (Phi) is 7.32. The molecule has 2 aliphatic heterocycles. The third-order valence-electron chi connectivity index (χ3n) is 5.04. The minimum atomic E-state index is -0.556. The number of aliphatic hydroxyl groups excluding tert-OH is 1. The lowest BCUT2D eigenvalue weighted by Gasteiger charge is -2.38. The van der Waals surface area contributed by atoms with Crippen LogP contribution in [-0.4, -0.2) is 82.4 Å². The van der Waals surface area contributed by atoms with E-state index in [1.807, 2.05) is 18.2 Å². The van der Waals surface area contributed by atoms with Crippen molar-refractivity contribution in [3.05, 3.63) is 23.8 Å². The molecule has 0 radical (unpaired) electrons. The quantitative estimate of drug-likeness (QED) is 0.625. The lowest BCUT2D eigenvalue weighted by molar-refractivity contribution is -0.0991. The minimum Gasteiger partial charge on any atom is -0.493 e. The van der Waals surface area contributed by atoms with E-state index >= 15 is 0 Å². The Bertz CT molecular complexity index is 588. The number of nitrogens with zero attached hydrogens (tertiary/aromatic N) is 1. The zero-order chi connectivity index (χ0) is 19.1. The predicted molar refractivity (Wildman–Crippen MR) is 102 cm³/mol. The van der Waals surface area contributed by atoms with Crippen LogP contribution in [0.3, 0.4) is 0 Å². The molecule has 0 bridgehead atoms. The van der Waals surface area contributed by atoms with E-state index in [0.717, 1.165) is 51.6 Å². The maximum absolute atomic E-state index is 10.4. The molecule has 2 heterocycles. The summed E-state index contributed by atoms with van der Waals surface area (Å²) in [4.78, 5) is 2.20. The number of methoxy groups -OCH3 is 1. The Balaban J connectivity index is 1.53. The molecular formula is C20H32N2O5. The zero-order valence-corrected chi connectivity index (χ0v) is 16.4. The van der Waals surface area contributed by atoms with Gasteiger partial charge in [-0.15, -0.1) is 0 Å². The number of para-hydroxylation sites is 1. The molecule has 0 aliphatic carbocycles. The van der Waals surface area contributed by atoms with Crippen LogP contribution >= 0.6 is 0 Å². The molecule has 0 unspecified atom stereocenters. The van der Waals surface area contributed by atoms with Crippen molar-refractivity contribution in [3.63, 3.8) is 0 Å². The highest BCUT2D eigenvalue weighted by atomic mass is 16.5. The van der Waals surface area contributed by atoms with E-state index in [1.165, 1.54) is 0 Å². The Morgan fingerprint density at radius 3 is 2.70 bits per heavy atom. The number of rotatable bonds is 10. The number of aliphatic hydroxyl groups is 1. The van der Waals surface area contributed by atoms with E-state index in [1.54, 1.807) is 7.11 Å². The van der Waals surface area contributed by atoms with Gasteiger partial charge in [0.05, 0.1) is 33.5 Å². The van der Waals surface area contributed by atoms with Crippen molar-refractivity contribution in [1.82, 2.24) is 10.2 Å². The standard InChI is InChI=1S/C20H32N2O5/c1-20(14-26-15-20)13-21-10-16-4-3-5-18(24-2)19(16)27-12-17(23)11-22-6-8-25-9-7-22/h3-5,17,21,23H,6-15H2,1-2H3/t17-/m0/s1. The van der Waals surface area contributed by atoms with Crippen LogP contribution in [0.5, 0.6) is 11.5 Å². The molecule has 0 amide bonds. The van der Waals surface area contributed by atoms with Crippen molar-refractivity contribution >= 4 is 0 Å². The minimum absolute atomic E-state index is 0.217. The highest BCUT2D eigenvalue weighted by Gasteiger charge is 2.32. The van der Waals surface area contributed by atoms with Crippen molar-refractivity contribution in [2.75, 3.05) is 66.3 Å². The van der Waals surface area contributed by atoms with E-state index in [9.17, 15) is 5.11 Å². The number of morpholine rings is 1. The van der Waals surface area contributed by atoms with Gasteiger partial charge in [-0.25, -0.2) is 0 Å². The van der Waals surface area contributed by atoms with E-state index in [-0.39, 0.29) is 12.0 Å². The predicted octanol–water partition coefficient (Wildman–Crippen LogP) is 0.893. The third kappa shape index (κ3) is 5.80. The van der Waals surface area contributed by atoms with E-state index in [2.05, 4.69) is 17.1 Å². The fourth-order valence-electron chi connectivity index (χ4n) is 3.39. The second-order valence-corrected chi connectivity index (χ2v) is 7.73. The molecule has 7 heteroatoms. The van der Waals surface area contributed by atoms with Gasteiger partial charge >= 0.3 is 0 Å². The molecule has 0 aromatic heterocycles. The highest BCUT2D eigenvalue weighted by Crippen LogP contribution is 2.32. The second-order valence-electron chi connectivity index (χ2n) is 7.73. The number of benzene rings is 1. The summed E-state index contributed by atoms with van der Waals surface area (Å²) < 4.78 is 22.1. The Hall–Kier alpha value is -1.38. The van der Waals surface area contributed by atoms with Gasteiger partial charge in [0.2, 0.25) is 0 Å². The Morgan fingerprint density at radius 2 is 2.04 bits per heavy atom. The molecule has 3 rings (SSSR count). The van der Waals surface area contributed by atoms with Crippen LogP contribution in [0.25, 0.3) is 0 Å². The van der Waals surface area contributed by atoms with Crippen LogP contribution in [0.4, 0.5) is 0 Å². The topological polar surface area (TPSA) is 72.4 Å².